The first-order valence-electron chi connectivity index (χ1n) is 7.77. The van der Waals surface area contributed by atoms with E-state index in [2.05, 4.69) is 0 Å². The van der Waals surface area contributed by atoms with Gasteiger partial charge in [-0.2, -0.15) is 0 Å². The minimum Gasteiger partial charge on any atom is -0.342 e. The molecule has 0 aromatic carbocycles. The Morgan fingerprint density at radius 3 is 2.19 bits per heavy atom. The second-order valence-electron chi connectivity index (χ2n) is 6.20. The van der Waals surface area contributed by atoms with Gasteiger partial charge < -0.3 is 15.5 Å². The van der Waals surface area contributed by atoms with Crippen molar-refractivity contribution in [2.24, 2.45) is 23.5 Å². The number of likely N-dealkylation sites (N-methyl/N-ethyl adjacent to an activating group) is 2. The second-order valence-corrected chi connectivity index (χ2v) is 6.20. The number of amides is 2. The summed E-state index contributed by atoms with van der Waals surface area (Å²) in [4.78, 5) is 28.0. The Hall–Kier alpha value is -0.810. The van der Waals surface area contributed by atoms with Gasteiger partial charge in [0.25, 0.3) is 0 Å². The van der Waals surface area contributed by atoms with Crippen LogP contribution in [0.3, 0.4) is 0 Å². The molecule has 0 heterocycles. The molecular weight excluding hydrogens is 290 g/mol. The molecule has 0 saturated heterocycles. The van der Waals surface area contributed by atoms with Crippen LogP contribution in [0.25, 0.3) is 0 Å². The molecular formula is C15H28ClN3O2. The number of nitrogens with zero attached hydrogens (tertiary/aromatic N) is 2. The zero-order chi connectivity index (χ0) is 14.9. The van der Waals surface area contributed by atoms with Crippen molar-refractivity contribution in [3.05, 3.63) is 0 Å². The Labute approximate surface area is 133 Å². The van der Waals surface area contributed by atoms with Crippen LogP contribution in [0, 0.1) is 17.8 Å². The summed E-state index contributed by atoms with van der Waals surface area (Å²) in [7, 11) is 1.72. The molecule has 2 fully saturated rings. The first-order chi connectivity index (χ1) is 9.49. The molecule has 2 bridgehead atoms. The molecule has 122 valence electrons. The van der Waals surface area contributed by atoms with E-state index in [1.165, 1.54) is 0 Å². The highest BCUT2D eigenvalue weighted by molar-refractivity contribution is 5.86. The summed E-state index contributed by atoms with van der Waals surface area (Å²) < 4.78 is 0. The first-order valence-corrected chi connectivity index (χ1v) is 7.77. The lowest BCUT2D eigenvalue weighted by Crippen LogP contribution is -2.48. The summed E-state index contributed by atoms with van der Waals surface area (Å²) in [5.74, 6) is 0.963. The monoisotopic (exact) mass is 317 g/mol. The SMILES string of the molecule is CCN(CC)C(=O)CN(C)C(=O)C1C2CCC(C2)C1N.Cl. The highest BCUT2D eigenvalue weighted by Gasteiger charge is 2.49. The largest absolute Gasteiger partial charge is 0.342 e. The van der Waals surface area contributed by atoms with E-state index in [1.807, 2.05) is 13.8 Å². The smallest absolute Gasteiger partial charge is 0.242 e. The van der Waals surface area contributed by atoms with Crippen molar-refractivity contribution in [1.82, 2.24) is 9.80 Å². The Balaban J connectivity index is 0.00000220. The van der Waals surface area contributed by atoms with Gasteiger partial charge in [-0.1, -0.05) is 0 Å². The number of nitrogens with two attached hydrogens (primary N) is 1. The Bertz CT molecular complexity index is 385. The summed E-state index contributed by atoms with van der Waals surface area (Å²) in [5.41, 5.74) is 6.20. The van der Waals surface area contributed by atoms with Crippen LogP contribution in [0.2, 0.25) is 0 Å². The van der Waals surface area contributed by atoms with Gasteiger partial charge >= 0.3 is 0 Å². The van der Waals surface area contributed by atoms with Gasteiger partial charge in [-0.15, -0.1) is 12.4 Å². The maximum absolute atomic E-state index is 12.6. The molecule has 4 atom stereocenters. The topological polar surface area (TPSA) is 66.6 Å². The zero-order valence-electron chi connectivity index (χ0n) is 13.2. The number of hydrogen-bond donors (Lipinski definition) is 1. The van der Waals surface area contributed by atoms with Crippen LogP contribution >= 0.6 is 12.4 Å². The maximum Gasteiger partial charge on any atom is 0.242 e. The summed E-state index contributed by atoms with van der Waals surface area (Å²) in [6.07, 6.45) is 3.37. The van der Waals surface area contributed by atoms with Gasteiger partial charge in [0, 0.05) is 26.2 Å². The average molecular weight is 318 g/mol. The van der Waals surface area contributed by atoms with Crippen LogP contribution in [0.4, 0.5) is 0 Å². The fourth-order valence-corrected chi connectivity index (χ4v) is 3.91. The van der Waals surface area contributed by atoms with Crippen molar-refractivity contribution in [3.63, 3.8) is 0 Å². The number of rotatable bonds is 5. The van der Waals surface area contributed by atoms with E-state index in [4.69, 9.17) is 5.73 Å². The predicted octanol–water partition coefficient (Wildman–Crippen LogP) is 1.11. The van der Waals surface area contributed by atoms with Gasteiger partial charge in [-0.25, -0.2) is 0 Å². The van der Waals surface area contributed by atoms with Gasteiger partial charge in [0.1, 0.15) is 0 Å². The molecule has 0 aromatic rings. The second kappa shape index (κ2) is 7.45. The number of hydrogen-bond acceptors (Lipinski definition) is 3. The van der Waals surface area contributed by atoms with Crippen molar-refractivity contribution in [1.29, 1.82) is 0 Å². The lowest BCUT2D eigenvalue weighted by atomic mass is 9.84. The molecule has 2 saturated carbocycles. The molecule has 0 spiro atoms. The van der Waals surface area contributed by atoms with Crippen molar-refractivity contribution in [2.45, 2.75) is 39.2 Å². The van der Waals surface area contributed by atoms with E-state index in [9.17, 15) is 9.59 Å². The van der Waals surface area contributed by atoms with Gasteiger partial charge in [-0.3, -0.25) is 9.59 Å². The van der Waals surface area contributed by atoms with Gasteiger partial charge in [0.15, 0.2) is 0 Å². The number of carbonyl (C=O) groups is 2. The van der Waals surface area contributed by atoms with E-state index in [-0.39, 0.29) is 42.7 Å². The minimum atomic E-state index is -0.0664. The molecule has 0 aliphatic heterocycles. The first kappa shape index (κ1) is 18.2. The average Bonchev–Trinajstić information content (AvgIpc) is 3.00. The van der Waals surface area contributed by atoms with E-state index in [0.717, 1.165) is 19.3 Å². The molecule has 2 N–H and O–H groups in total. The lowest BCUT2D eigenvalue weighted by molar-refractivity contribution is -0.143. The molecule has 2 rings (SSSR count). The number of fused-ring (bicyclic) bond motifs is 2. The van der Waals surface area contributed by atoms with Crippen molar-refractivity contribution in [2.75, 3.05) is 26.7 Å². The maximum atomic E-state index is 12.6. The van der Waals surface area contributed by atoms with E-state index < -0.39 is 0 Å². The molecule has 2 aliphatic rings. The molecule has 5 nitrogen and oxygen atoms in total. The van der Waals surface area contributed by atoms with Crippen LogP contribution in [0.1, 0.15) is 33.1 Å². The lowest BCUT2D eigenvalue weighted by Gasteiger charge is -2.31. The molecule has 0 radical (unpaired) electrons. The van der Waals surface area contributed by atoms with E-state index >= 15 is 0 Å². The Kier molecular flexibility index (Phi) is 6.47. The number of halogens is 1. The highest BCUT2D eigenvalue weighted by atomic mass is 35.5. The minimum absolute atomic E-state index is 0. The van der Waals surface area contributed by atoms with Crippen LogP contribution in [-0.2, 0) is 9.59 Å². The molecule has 6 heteroatoms. The van der Waals surface area contributed by atoms with Crippen molar-refractivity contribution < 1.29 is 9.59 Å². The van der Waals surface area contributed by atoms with E-state index in [0.29, 0.717) is 24.9 Å². The standard InChI is InChI=1S/C15H27N3O2.ClH/c1-4-18(5-2)12(19)9-17(3)15(20)13-10-6-7-11(8-10)14(13)16;/h10-11,13-14H,4-9,16H2,1-3H3;1H. The van der Waals surface area contributed by atoms with Crippen LogP contribution in [-0.4, -0.2) is 54.3 Å². The Morgan fingerprint density at radius 1 is 1.14 bits per heavy atom. The summed E-state index contributed by atoms with van der Waals surface area (Å²) >= 11 is 0. The summed E-state index contributed by atoms with van der Waals surface area (Å²) in [6.45, 7) is 5.45. The fourth-order valence-electron chi connectivity index (χ4n) is 3.91. The zero-order valence-corrected chi connectivity index (χ0v) is 14.1. The number of carbonyl (C=O) groups excluding carboxylic acids is 2. The normalized spacial score (nSPS) is 29.9. The Morgan fingerprint density at radius 2 is 1.71 bits per heavy atom. The third-order valence-electron chi connectivity index (χ3n) is 5.13. The van der Waals surface area contributed by atoms with Crippen LogP contribution in [0.5, 0.6) is 0 Å². The highest BCUT2D eigenvalue weighted by Crippen LogP contribution is 2.48. The molecule has 2 amide bonds. The van der Waals surface area contributed by atoms with Gasteiger partial charge in [0.05, 0.1) is 12.5 Å². The van der Waals surface area contributed by atoms with Crippen LogP contribution in [0.15, 0.2) is 0 Å². The van der Waals surface area contributed by atoms with Crippen molar-refractivity contribution in [3.8, 4) is 0 Å². The third-order valence-corrected chi connectivity index (χ3v) is 5.13. The summed E-state index contributed by atoms with van der Waals surface area (Å²) in [5, 5.41) is 0. The van der Waals surface area contributed by atoms with Crippen LogP contribution < -0.4 is 5.73 Å². The van der Waals surface area contributed by atoms with Gasteiger partial charge in [0.2, 0.25) is 11.8 Å². The summed E-state index contributed by atoms with van der Waals surface area (Å²) in [6, 6.07) is -0.00717. The van der Waals surface area contributed by atoms with E-state index in [1.54, 1.807) is 16.8 Å². The molecule has 4 unspecified atom stereocenters. The molecule has 21 heavy (non-hydrogen) atoms. The molecule has 0 aromatic heterocycles. The third kappa shape index (κ3) is 3.51. The fraction of sp³-hybridized carbons (Fsp3) is 0.867. The predicted molar refractivity (Wildman–Crippen MR) is 85.1 cm³/mol. The van der Waals surface area contributed by atoms with Gasteiger partial charge in [-0.05, 0) is 44.9 Å². The molecule has 2 aliphatic carbocycles. The quantitative estimate of drug-likeness (QED) is 0.826. The van der Waals surface area contributed by atoms with Crippen molar-refractivity contribution >= 4 is 24.2 Å².